The molecule has 0 amide bonds. The summed E-state index contributed by atoms with van der Waals surface area (Å²) in [6, 6.07) is 19.8. The summed E-state index contributed by atoms with van der Waals surface area (Å²) in [4.78, 5) is 8.29. The van der Waals surface area contributed by atoms with Gasteiger partial charge in [0.05, 0.1) is 12.8 Å². The van der Waals surface area contributed by atoms with Crippen LogP contribution < -0.4 is 21.1 Å². The van der Waals surface area contributed by atoms with Gasteiger partial charge in [0.2, 0.25) is 5.88 Å². The molecule has 0 bridgehead atoms. The van der Waals surface area contributed by atoms with Crippen LogP contribution in [-0.4, -0.2) is 36.7 Å². The summed E-state index contributed by atoms with van der Waals surface area (Å²) in [5.74, 6) is 1.60. The van der Waals surface area contributed by atoms with Crippen LogP contribution in [0.25, 0.3) is 0 Å². The van der Waals surface area contributed by atoms with E-state index in [2.05, 4.69) is 33.6 Å². The number of methoxy groups -OCH3 is 1. The molecule has 0 aliphatic heterocycles. The first kappa shape index (κ1) is 22.2. The monoisotopic (exact) mass is 393 g/mol. The fourth-order valence-corrected chi connectivity index (χ4v) is 2.63. The molecule has 154 valence electrons. The van der Waals surface area contributed by atoms with Gasteiger partial charge in [-0.1, -0.05) is 49.4 Å². The van der Waals surface area contributed by atoms with Crippen LogP contribution in [0.2, 0.25) is 0 Å². The molecular weight excluding hydrogens is 362 g/mol. The molecule has 0 aliphatic rings. The zero-order chi connectivity index (χ0) is 20.7. The molecular formula is C23H31N5O. The Kier molecular flexibility index (Phi) is 10.0. The van der Waals surface area contributed by atoms with Crippen molar-refractivity contribution in [2.45, 2.75) is 19.3 Å². The van der Waals surface area contributed by atoms with Gasteiger partial charge < -0.3 is 21.1 Å². The van der Waals surface area contributed by atoms with Crippen molar-refractivity contribution in [1.82, 2.24) is 15.3 Å². The van der Waals surface area contributed by atoms with Crippen LogP contribution in [0.3, 0.4) is 0 Å². The number of hydrogen-bond acceptors (Lipinski definition) is 6. The molecule has 3 aromatic rings. The number of nitrogen functional groups attached to an aromatic ring is 1. The van der Waals surface area contributed by atoms with Gasteiger partial charge >= 0.3 is 0 Å². The van der Waals surface area contributed by atoms with E-state index in [1.165, 1.54) is 5.56 Å². The fraction of sp³-hybridized carbons (Fsp3) is 0.304. The van der Waals surface area contributed by atoms with Gasteiger partial charge in [-0.25, -0.2) is 9.97 Å². The Morgan fingerprint density at radius 2 is 1.69 bits per heavy atom. The molecule has 1 unspecified atom stereocenters. The minimum Gasteiger partial charge on any atom is -0.481 e. The molecule has 29 heavy (non-hydrogen) atoms. The Hall–Kier alpha value is -3.12. The van der Waals surface area contributed by atoms with Crippen molar-refractivity contribution in [3.63, 3.8) is 0 Å². The van der Waals surface area contributed by atoms with Gasteiger partial charge in [-0.2, -0.15) is 0 Å². The van der Waals surface area contributed by atoms with Crippen LogP contribution in [0.5, 0.6) is 5.88 Å². The Morgan fingerprint density at radius 3 is 2.28 bits per heavy atom. The molecule has 3 rings (SSSR count). The minimum absolute atomic E-state index is 0.412. The molecule has 2 aromatic heterocycles. The predicted molar refractivity (Wildman–Crippen MR) is 120 cm³/mol. The summed E-state index contributed by atoms with van der Waals surface area (Å²) in [7, 11) is 1.63. The lowest BCUT2D eigenvalue weighted by molar-refractivity contribution is 0.397. The largest absolute Gasteiger partial charge is 0.481 e. The molecule has 0 fully saturated rings. The topological polar surface area (TPSA) is 85.1 Å². The Morgan fingerprint density at radius 1 is 0.966 bits per heavy atom. The zero-order valence-electron chi connectivity index (χ0n) is 17.2. The van der Waals surface area contributed by atoms with E-state index in [1.54, 1.807) is 13.3 Å². The van der Waals surface area contributed by atoms with E-state index >= 15 is 0 Å². The molecule has 1 aromatic carbocycles. The standard InChI is InChI=1S/C17H25N5O.C6H6/c1-13(14-6-7-16(23-2)22-12-14)11-19-8-4-10-20-15-5-3-9-21-17(15)18;1-2-4-6-5-3-1/h3,5-7,9,12-13,19-20H,4,8,10-11H2,1-2H3,(H2,18,21);1-6H. The van der Waals surface area contributed by atoms with Gasteiger partial charge in [-0.05, 0) is 36.6 Å². The van der Waals surface area contributed by atoms with Crippen molar-refractivity contribution >= 4 is 11.5 Å². The summed E-state index contributed by atoms with van der Waals surface area (Å²) in [5, 5.41) is 6.76. The lowest BCUT2D eigenvalue weighted by Gasteiger charge is -2.13. The first-order chi connectivity index (χ1) is 14.2. The normalized spacial score (nSPS) is 11.1. The van der Waals surface area contributed by atoms with E-state index in [9.17, 15) is 0 Å². The van der Waals surface area contributed by atoms with Gasteiger partial charge in [0.15, 0.2) is 0 Å². The summed E-state index contributed by atoms with van der Waals surface area (Å²) < 4.78 is 5.07. The van der Waals surface area contributed by atoms with E-state index in [0.717, 1.165) is 31.7 Å². The number of pyridine rings is 2. The van der Waals surface area contributed by atoms with E-state index < -0.39 is 0 Å². The molecule has 4 N–H and O–H groups in total. The lowest BCUT2D eigenvalue weighted by Crippen LogP contribution is -2.23. The number of aromatic nitrogens is 2. The molecule has 0 radical (unpaired) electrons. The highest BCUT2D eigenvalue weighted by Gasteiger charge is 2.06. The summed E-state index contributed by atoms with van der Waals surface area (Å²) >= 11 is 0. The quantitative estimate of drug-likeness (QED) is 0.477. The third-order valence-electron chi connectivity index (χ3n) is 4.34. The minimum atomic E-state index is 0.412. The van der Waals surface area contributed by atoms with Crippen molar-refractivity contribution in [2.24, 2.45) is 0 Å². The van der Waals surface area contributed by atoms with Gasteiger partial charge in [0.25, 0.3) is 0 Å². The molecule has 0 spiro atoms. The molecule has 0 aliphatic carbocycles. The van der Waals surface area contributed by atoms with E-state index in [1.807, 2.05) is 60.8 Å². The van der Waals surface area contributed by atoms with Gasteiger partial charge in [0.1, 0.15) is 5.82 Å². The highest BCUT2D eigenvalue weighted by molar-refractivity contribution is 5.60. The Bertz CT molecular complexity index is 769. The van der Waals surface area contributed by atoms with Crippen molar-refractivity contribution in [1.29, 1.82) is 0 Å². The predicted octanol–water partition coefficient (Wildman–Crippen LogP) is 3.95. The number of nitrogens with zero attached hydrogens (tertiary/aromatic N) is 2. The summed E-state index contributed by atoms with van der Waals surface area (Å²) in [5.41, 5.74) is 7.88. The second kappa shape index (κ2) is 13.1. The van der Waals surface area contributed by atoms with Gasteiger partial charge in [0, 0.05) is 31.5 Å². The zero-order valence-corrected chi connectivity index (χ0v) is 17.2. The molecule has 0 saturated carbocycles. The van der Waals surface area contributed by atoms with Crippen LogP contribution in [-0.2, 0) is 0 Å². The Labute approximate surface area is 173 Å². The van der Waals surface area contributed by atoms with Crippen molar-refractivity contribution in [2.75, 3.05) is 37.8 Å². The van der Waals surface area contributed by atoms with Crippen molar-refractivity contribution in [3.8, 4) is 5.88 Å². The third kappa shape index (κ3) is 8.62. The highest BCUT2D eigenvalue weighted by atomic mass is 16.5. The number of hydrogen-bond donors (Lipinski definition) is 3. The second-order valence-electron chi connectivity index (χ2n) is 6.61. The third-order valence-corrected chi connectivity index (χ3v) is 4.34. The van der Waals surface area contributed by atoms with E-state index in [0.29, 0.717) is 17.6 Å². The van der Waals surface area contributed by atoms with Crippen molar-refractivity contribution in [3.05, 3.63) is 78.6 Å². The van der Waals surface area contributed by atoms with Crippen LogP contribution in [0.4, 0.5) is 11.5 Å². The second-order valence-corrected chi connectivity index (χ2v) is 6.61. The maximum absolute atomic E-state index is 5.78. The van der Waals surface area contributed by atoms with E-state index in [4.69, 9.17) is 10.5 Å². The van der Waals surface area contributed by atoms with Crippen LogP contribution >= 0.6 is 0 Å². The van der Waals surface area contributed by atoms with Crippen LogP contribution in [0, 0.1) is 0 Å². The Balaban J connectivity index is 0.000000426. The van der Waals surface area contributed by atoms with Crippen LogP contribution in [0.1, 0.15) is 24.8 Å². The summed E-state index contributed by atoms with van der Waals surface area (Å²) in [6.45, 7) is 4.91. The first-order valence-corrected chi connectivity index (χ1v) is 9.85. The number of ether oxygens (including phenoxy) is 1. The van der Waals surface area contributed by atoms with Crippen molar-refractivity contribution < 1.29 is 4.74 Å². The number of anilines is 2. The molecule has 6 nitrogen and oxygen atoms in total. The maximum atomic E-state index is 5.78. The fourth-order valence-electron chi connectivity index (χ4n) is 2.63. The van der Waals surface area contributed by atoms with Crippen LogP contribution in [0.15, 0.2) is 73.1 Å². The molecule has 1 atom stereocenters. The average molecular weight is 394 g/mol. The number of nitrogens with one attached hydrogen (secondary N) is 2. The number of rotatable bonds is 9. The number of nitrogens with two attached hydrogens (primary N) is 1. The van der Waals surface area contributed by atoms with E-state index in [-0.39, 0.29) is 0 Å². The van der Waals surface area contributed by atoms with Gasteiger partial charge in [-0.3, -0.25) is 0 Å². The first-order valence-electron chi connectivity index (χ1n) is 9.85. The van der Waals surface area contributed by atoms with Gasteiger partial charge in [-0.15, -0.1) is 0 Å². The molecule has 6 heteroatoms. The average Bonchev–Trinajstić information content (AvgIpc) is 2.79. The SMILES string of the molecule is COc1ccc(C(C)CNCCCNc2cccnc2N)cn1.c1ccccc1. The maximum Gasteiger partial charge on any atom is 0.212 e. The smallest absolute Gasteiger partial charge is 0.212 e. The summed E-state index contributed by atoms with van der Waals surface area (Å²) in [6.07, 6.45) is 4.58. The lowest BCUT2D eigenvalue weighted by atomic mass is 10.0. The number of benzene rings is 1. The molecule has 0 saturated heterocycles. The highest BCUT2D eigenvalue weighted by Crippen LogP contribution is 2.16. The molecule has 2 heterocycles.